The number of benzene rings is 1. The van der Waals surface area contributed by atoms with Crippen LogP contribution in [0.25, 0.3) is 21.3 Å². The molecule has 1 aliphatic rings. The zero-order valence-corrected chi connectivity index (χ0v) is 18.9. The molecule has 3 heterocycles. The summed E-state index contributed by atoms with van der Waals surface area (Å²) in [4.78, 5) is 14.3. The summed E-state index contributed by atoms with van der Waals surface area (Å²) in [7, 11) is 2.22. The van der Waals surface area contributed by atoms with Gasteiger partial charge in [-0.05, 0) is 56.4 Å². The van der Waals surface area contributed by atoms with Gasteiger partial charge in [0.1, 0.15) is 16.2 Å². The summed E-state index contributed by atoms with van der Waals surface area (Å²) in [5, 5.41) is 3.08. The van der Waals surface area contributed by atoms with Gasteiger partial charge in [0, 0.05) is 15.7 Å². The average Bonchev–Trinajstić information content (AvgIpc) is 3.09. The fraction of sp³-hybridized carbons (Fsp3) is 0.478. The molecule has 0 N–H and O–H groups in total. The molecule has 28 heavy (non-hydrogen) atoms. The minimum absolute atomic E-state index is 0.554. The standard InChI is InChI=1S/C23H29N3S2/c1-5-19-20(17-8-6-16(7-9-17)15(2)3)21-22(24-14-25-23(21)28-19)27-18-10-12-26(4)13-11-18/h6-9,14-15,18H,5,10-13H2,1-4H3. The van der Waals surface area contributed by atoms with Gasteiger partial charge >= 0.3 is 0 Å². The molecule has 0 unspecified atom stereocenters. The summed E-state index contributed by atoms with van der Waals surface area (Å²) in [6.45, 7) is 9.10. The van der Waals surface area contributed by atoms with Crippen LogP contribution < -0.4 is 0 Å². The number of thiophene rings is 1. The first-order valence-corrected chi connectivity index (χ1v) is 12.0. The minimum Gasteiger partial charge on any atom is -0.306 e. The molecule has 3 aromatic rings. The van der Waals surface area contributed by atoms with Crippen molar-refractivity contribution in [2.45, 2.75) is 56.2 Å². The molecule has 148 valence electrons. The highest BCUT2D eigenvalue weighted by Gasteiger charge is 2.23. The van der Waals surface area contributed by atoms with E-state index < -0.39 is 0 Å². The first kappa shape index (κ1) is 19.9. The summed E-state index contributed by atoms with van der Waals surface area (Å²) in [5.74, 6) is 0.554. The predicted octanol–water partition coefficient (Wildman–Crippen LogP) is 6.23. The summed E-state index contributed by atoms with van der Waals surface area (Å²) < 4.78 is 0. The first-order valence-electron chi connectivity index (χ1n) is 10.3. The smallest absolute Gasteiger partial charge is 0.128 e. The second kappa shape index (κ2) is 8.52. The second-order valence-electron chi connectivity index (χ2n) is 8.01. The van der Waals surface area contributed by atoms with Gasteiger partial charge in [0.05, 0.1) is 5.39 Å². The molecule has 0 atom stereocenters. The molecule has 0 saturated carbocycles. The number of aryl methyl sites for hydroxylation is 1. The third-order valence-corrected chi connectivity index (χ3v) is 8.24. The largest absolute Gasteiger partial charge is 0.306 e. The highest BCUT2D eigenvalue weighted by atomic mass is 32.2. The van der Waals surface area contributed by atoms with Crippen molar-refractivity contribution in [3.63, 3.8) is 0 Å². The van der Waals surface area contributed by atoms with E-state index in [2.05, 4.69) is 62.0 Å². The highest BCUT2D eigenvalue weighted by molar-refractivity contribution is 8.00. The van der Waals surface area contributed by atoms with Gasteiger partial charge in [0.15, 0.2) is 0 Å². The Labute approximate surface area is 176 Å². The van der Waals surface area contributed by atoms with Crippen LogP contribution in [0.2, 0.25) is 0 Å². The first-order chi connectivity index (χ1) is 13.6. The molecular weight excluding hydrogens is 382 g/mol. The number of rotatable bonds is 5. The van der Waals surface area contributed by atoms with Gasteiger partial charge in [-0.15, -0.1) is 23.1 Å². The van der Waals surface area contributed by atoms with Crippen molar-refractivity contribution in [1.29, 1.82) is 0 Å². The molecule has 1 aromatic carbocycles. The van der Waals surface area contributed by atoms with Crippen LogP contribution in [0.3, 0.4) is 0 Å². The van der Waals surface area contributed by atoms with Gasteiger partial charge < -0.3 is 4.90 Å². The van der Waals surface area contributed by atoms with Gasteiger partial charge in [0.2, 0.25) is 0 Å². The zero-order chi connectivity index (χ0) is 19.7. The molecule has 5 heteroatoms. The van der Waals surface area contributed by atoms with Crippen molar-refractivity contribution >= 4 is 33.3 Å². The Morgan fingerprint density at radius 3 is 2.50 bits per heavy atom. The lowest BCUT2D eigenvalue weighted by atomic mass is 9.97. The quantitative estimate of drug-likeness (QED) is 0.465. The Bertz CT molecular complexity index is 938. The van der Waals surface area contributed by atoms with Crippen molar-refractivity contribution in [3.8, 4) is 11.1 Å². The third-order valence-electron chi connectivity index (χ3n) is 5.66. The topological polar surface area (TPSA) is 29.0 Å². The fourth-order valence-corrected chi connectivity index (χ4v) is 6.24. The molecule has 2 aromatic heterocycles. The Hall–Kier alpha value is -1.43. The minimum atomic E-state index is 0.554. The second-order valence-corrected chi connectivity index (χ2v) is 10.4. The van der Waals surface area contributed by atoms with Gasteiger partial charge in [-0.1, -0.05) is 45.0 Å². The molecule has 1 fully saturated rings. The number of fused-ring (bicyclic) bond motifs is 1. The normalized spacial score (nSPS) is 16.3. The van der Waals surface area contributed by atoms with Crippen LogP contribution in [-0.4, -0.2) is 40.3 Å². The number of hydrogen-bond acceptors (Lipinski definition) is 5. The van der Waals surface area contributed by atoms with Crippen LogP contribution in [0.15, 0.2) is 35.6 Å². The molecule has 0 aliphatic carbocycles. The maximum absolute atomic E-state index is 4.74. The van der Waals surface area contributed by atoms with Gasteiger partial charge in [-0.2, -0.15) is 0 Å². The van der Waals surface area contributed by atoms with Crippen LogP contribution in [0.4, 0.5) is 0 Å². The van der Waals surface area contributed by atoms with Crippen LogP contribution in [0, 0.1) is 0 Å². The highest BCUT2D eigenvalue weighted by Crippen LogP contribution is 2.43. The van der Waals surface area contributed by atoms with E-state index in [1.165, 1.54) is 57.9 Å². The number of aromatic nitrogens is 2. The Morgan fingerprint density at radius 1 is 1.14 bits per heavy atom. The monoisotopic (exact) mass is 411 g/mol. The van der Waals surface area contributed by atoms with Crippen molar-refractivity contribution in [1.82, 2.24) is 14.9 Å². The number of piperidine rings is 1. The van der Waals surface area contributed by atoms with Crippen LogP contribution in [0.5, 0.6) is 0 Å². The fourth-order valence-electron chi connectivity index (χ4n) is 3.89. The van der Waals surface area contributed by atoms with E-state index in [1.54, 1.807) is 6.33 Å². The molecule has 0 bridgehead atoms. The van der Waals surface area contributed by atoms with E-state index in [9.17, 15) is 0 Å². The number of hydrogen-bond donors (Lipinski definition) is 0. The predicted molar refractivity (Wildman–Crippen MR) is 123 cm³/mol. The number of likely N-dealkylation sites (tertiary alicyclic amines) is 1. The summed E-state index contributed by atoms with van der Waals surface area (Å²) in [6.07, 6.45) is 5.24. The molecule has 0 amide bonds. The zero-order valence-electron chi connectivity index (χ0n) is 17.2. The van der Waals surface area contributed by atoms with Crippen LogP contribution in [0.1, 0.15) is 50.0 Å². The van der Waals surface area contributed by atoms with Gasteiger partial charge in [-0.25, -0.2) is 9.97 Å². The van der Waals surface area contributed by atoms with E-state index in [1.807, 2.05) is 23.1 Å². The number of nitrogens with zero attached hydrogens (tertiary/aromatic N) is 3. The van der Waals surface area contributed by atoms with Gasteiger partial charge in [0.25, 0.3) is 0 Å². The van der Waals surface area contributed by atoms with E-state index >= 15 is 0 Å². The molecule has 0 radical (unpaired) electrons. The average molecular weight is 412 g/mol. The Balaban J connectivity index is 1.76. The Morgan fingerprint density at radius 2 is 1.86 bits per heavy atom. The summed E-state index contributed by atoms with van der Waals surface area (Å²) >= 11 is 3.80. The molecule has 0 spiro atoms. The summed E-state index contributed by atoms with van der Waals surface area (Å²) in [6, 6.07) is 9.12. The third kappa shape index (κ3) is 3.98. The molecular formula is C23H29N3S2. The van der Waals surface area contributed by atoms with E-state index in [0.29, 0.717) is 11.2 Å². The molecule has 4 rings (SSSR count). The van der Waals surface area contributed by atoms with Gasteiger partial charge in [-0.3, -0.25) is 0 Å². The molecule has 1 saturated heterocycles. The van der Waals surface area contributed by atoms with E-state index in [-0.39, 0.29) is 0 Å². The van der Waals surface area contributed by atoms with E-state index in [4.69, 9.17) is 4.98 Å². The van der Waals surface area contributed by atoms with Crippen molar-refractivity contribution < 1.29 is 0 Å². The Kier molecular flexibility index (Phi) is 6.04. The molecule has 3 nitrogen and oxygen atoms in total. The van der Waals surface area contributed by atoms with Crippen molar-refractivity contribution in [2.75, 3.05) is 20.1 Å². The molecule has 1 aliphatic heterocycles. The lowest BCUT2D eigenvalue weighted by Gasteiger charge is -2.28. The van der Waals surface area contributed by atoms with Crippen LogP contribution in [-0.2, 0) is 6.42 Å². The van der Waals surface area contributed by atoms with Crippen LogP contribution >= 0.6 is 23.1 Å². The van der Waals surface area contributed by atoms with E-state index in [0.717, 1.165) is 11.3 Å². The van der Waals surface area contributed by atoms with Crippen molar-refractivity contribution in [2.24, 2.45) is 0 Å². The maximum Gasteiger partial charge on any atom is 0.128 e. The SMILES string of the molecule is CCc1sc2ncnc(SC3CCN(C)CC3)c2c1-c1ccc(C(C)C)cc1. The van der Waals surface area contributed by atoms with Crippen molar-refractivity contribution in [3.05, 3.63) is 41.0 Å². The lowest BCUT2D eigenvalue weighted by molar-refractivity contribution is 0.282. The lowest BCUT2D eigenvalue weighted by Crippen LogP contribution is -2.31. The summed E-state index contributed by atoms with van der Waals surface area (Å²) in [5.41, 5.74) is 4.04. The maximum atomic E-state index is 4.74. The number of thioether (sulfide) groups is 1.